The van der Waals surface area contributed by atoms with E-state index in [1.807, 2.05) is 44.2 Å². The maximum atomic E-state index is 13.5. The number of rotatable bonds is 16. The smallest absolute Gasteiger partial charge is 0.274 e. The molecule has 1 saturated heterocycles. The molecule has 1 aliphatic heterocycles. The Morgan fingerprint density at radius 1 is 0.975 bits per heavy atom. The lowest BCUT2D eigenvalue weighted by molar-refractivity contribution is -0.133. The summed E-state index contributed by atoms with van der Waals surface area (Å²) < 4.78 is 20.5. The Morgan fingerprint density at radius 2 is 1.62 bits per heavy atom. The van der Waals surface area contributed by atoms with Crippen molar-refractivity contribution in [1.82, 2.24) is 21.1 Å². The average Bonchev–Trinajstić information content (AvgIpc) is 3.49. The fraction of sp³-hybridized carbons (Fsp3) is 0.536. The van der Waals surface area contributed by atoms with E-state index < -0.39 is 41.4 Å². The number of methoxy groups -OCH3 is 2. The molecular weight excluding hydrogens is 520 g/mol. The Labute approximate surface area is 233 Å². The zero-order chi connectivity index (χ0) is 29.3. The molecule has 4 atom stereocenters. The van der Waals surface area contributed by atoms with Crippen molar-refractivity contribution < 1.29 is 37.9 Å². The first-order chi connectivity index (χ1) is 19.1. The Morgan fingerprint density at radius 3 is 2.23 bits per heavy atom. The number of carbonyl (C=O) groups excluding carboxylic acids is 4. The van der Waals surface area contributed by atoms with Crippen molar-refractivity contribution in [2.45, 2.75) is 63.9 Å². The van der Waals surface area contributed by atoms with Gasteiger partial charge in [0.15, 0.2) is 17.2 Å². The molecule has 40 heavy (non-hydrogen) atoms. The largest absolute Gasteiger partial charge is 0.382 e. The van der Waals surface area contributed by atoms with Crippen molar-refractivity contribution in [3.8, 4) is 0 Å². The highest BCUT2D eigenvalue weighted by Crippen LogP contribution is 2.29. The number of Topliss-reactive ketones (excluding diaryl/α,β-unsaturated/α-hetero) is 1. The van der Waals surface area contributed by atoms with Crippen LogP contribution in [0.25, 0.3) is 0 Å². The number of aromatic nitrogens is 1. The number of hydrogen-bond donors (Lipinski definition) is 3. The van der Waals surface area contributed by atoms with Gasteiger partial charge in [-0.05, 0) is 24.8 Å². The molecule has 0 aliphatic carbocycles. The number of nitrogens with one attached hydrogen (secondary N) is 3. The van der Waals surface area contributed by atoms with E-state index in [2.05, 4.69) is 21.1 Å². The number of ketones is 1. The molecule has 0 radical (unpaired) electrons. The van der Waals surface area contributed by atoms with E-state index in [1.54, 1.807) is 6.92 Å². The van der Waals surface area contributed by atoms with Crippen molar-refractivity contribution in [2.24, 2.45) is 5.92 Å². The Balaban J connectivity index is 1.77. The molecule has 1 aromatic heterocycles. The van der Waals surface area contributed by atoms with Crippen molar-refractivity contribution in [2.75, 3.05) is 27.4 Å². The van der Waals surface area contributed by atoms with Gasteiger partial charge in [0.1, 0.15) is 24.3 Å². The van der Waals surface area contributed by atoms with Crippen molar-refractivity contribution in [3.05, 3.63) is 53.4 Å². The molecular formula is C28H38N4O8. The normalized spacial score (nSPS) is 18.4. The van der Waals surface area contributed by atoms with Crippen LogP contribution in [0, 0.1) is 5.92 Å². The lowest BCUT2D eigenvalue weighted by Crippen LogP contribution is -2.58. The summed E-state index contributed by atoms with van der Waals surface area (Å²) in [5, 5.41) is 11.8. The molecule has 0 bridgehead atoms. The zero-order valence-corrected chi connectivity index (χ0v) is 23.5. The maximum Gasteiger partial charge on any atom is 0.274 e. The topological polar surface area (TPSA) is 161 Å². The van der Waals surface area contributed by atoms with Gasteiger partial charge in [-0.2, -0.15) is 0 Å². The summed E-state index contributed by atoms with van der Waals surface area (Å²) >= 11 is 0. The van der Waals surface area contributed by atoms with Crippen molar-refractivity contribution in [3.63, 3.8) is 0 Å². The molecule has 1 aliphatic rings. The number of epoxide rings is 1. The lowest BCUT2D eigenvalue weighted by atomic mass is 9.93. The number of hydrogen-bond acceptors (Lipinski definition) is 9. The Hall–Kier alpha value is -3.61. The predicted octanol–water partition coefficient (Wildman–Crippen LogP) is 1.18. The third-order valence-electron chi connectivity index (χ3n) is 6.39. The van der Waals surface area contributed by atoms with E-state index in [1.165, 1.54) is 20.3 Å². The number of ether oxygens (including phenoxy) is 3. The minimum absolute atomic E-state index is 0.0367. The van der Waals surface area contributed by atoms with Crippen LogP contribution in [0.2, 0.25) is 0 Å². The third-order valence-corrected chi connectivity index (χ3v) is 6.39. The van der Waals surface area contributed by atoms with Crippen molar-refractivity contribution >= 4 is 23.5 Å². The molecule has 0 spiro atoms. The summed E-state index contributed by atoms with van der Waals surface area (Å²) in [6, 6.07) is 7.60. The molecule has 12 nitrogen and oxygen atoms in total. The summed E-state index contributed by atoms with van der Waals surface area (Å²) in [5.41, 5.74) is -0.151. The lowest BCUT2D eigenvalue weighted by Gasteiger charge is -2.26. The van der Waals surface area contributed by atoms with Gasteiger partial charge in [-0.3, -0.25) is 19.2 Å². The van der Waals surface area contributed by atoms with Gasteiger partial charge in [-0.15, -0.1) is 0 Å². The highest BCUT2D eigenvalue weighted by Gasteiger charge is 2.50. The van der Waals surface area contributed by atoms with Gasteiger partial charge < -0.3 is 34.7 Å². The number of amides is 3. The van der Waals surface area contributed by atoms with Crippen LogP contribution in [-0.4, -0.2) is 79.8 Å². The molecule has 2 heterocycles. The van der Waals surface area contributed by atoms with Gasteiger partial charge in [-0.25, -0.2) is 0 Å². The molecule has 0 saturated carbocycles. The molecule has 2 unspecified atom stereocenters. The van der Waals surface area contributed by atoms with E-state index >= 15 is 0 Å². The molecule has 2 aromatic rings. The summed E-state index contributed by atoms with van der Waals surface area (Å²) in [5.74, 6) is -1.56. The summed E-state index contributed by atoms with van der Waals surface area (Å²) in [6.07, 6.45) is 0.576. The van der Waals surface area contributed by atoms with Crippen LogP contribution in [0.5, 0.6) is 0 Å². The van der Waals surface area contributed by atoms with E-state index in [4.69, 9.17) is 18.7 Å². The number of carbonyl (C=O) groups is 4. The molecule has 1 fully saturated rings. The van der Waals surface area contributed by atoms with E-state index in [-0.39, 0.29) is 37.0 Å². The first kappa shape index (κ1) is 30.9. The standard InChI is InChI=1S/C28H38N4O8/c1-17(2)11-20(24(33)28(3)16-39-28)29-25(34)21(12-18-9-7-6-8-10-18)30-27(36)23(15-38-5)31-26(35)22-13-19(14-37-4)40-32-22/h6-10,13,17,20-21,23H,11-12,14-16H2,1-5H3,(H,29,34)(H,30,36)(H,31,35)/t20?,21-,23?,28+/m0/s1. The quantitative estimate of drug-likeness (QED) is 0.257. The van der Waals surface area contributed by atoms with E-state index in [0.717, 1.165) is 5.56 Å². The second-order valence-corrected chi connectivity index (χ2v) is 10.4. The second kappa shape index (κ2) is 14.1. The first-order valence-corrected chi connectivity index (χ1v) is 13.1. The van der Waals surface area contributed by atoms with Crippen LogP contribution in [0.3, 0.4) is 0 Å². The van der Waals surface area contributed by atoms with Crippen molar-refractivity contribution in [1.29, 1.82) is 0 Å². The number of nitrogens with zero attached hydrogens (tertiary/aromatic N) is 1. The SMILES string of the molecule is COCc1cc(C(=O)NC(COC)C(=O)N[C@@H](Cc2ccccc2)C(=O)NC(CC(C)C)C(=O)[C@@]2(C)CO2)no1. The fourth-order valence-corrected chi connectivity index (χ4v) is 4.14. The molecule has 3 rings (SSSR count). The Bertz CT molecular complexity index is 1160. The Kier molecular flexibility index (Phi) is 10.9. The van der Waals surface area contributed by atoms with Gasteiger partial charge >= 0.3 is 0 Å². The summed E-state index contributed by atoms with van der Waals surface area (Å²) in [4.78, 5) is 52.7. The van der Waals surface area contributed by atoms with Crippen LogP contribution in [0.4, 0.5) is 0 Å². The fourth-order valence-electron chi connectivity index (χ4n) is 4.14. The average molecular weight is 559 g/mol. The summed E-state index contributed by atoms with van der Waals surface area (Å²) in [7, 11) is 2.86. The minimum atomic E-state index is -1.14. The first-order valence-electron chi connectivity index (χ1n) is 13.1. The van der Waals surface area contributed by atoms with Crippen LogP contribution >= 0.6 is 0 Å². The van der Waals surface area contributed by atoms with E-state index in [9.17, 15) is 19.2 Å². The van der Waals surface area contributed by atoms with Gasteiger partial charge in [-0.1, -0.05) is 49.3 Å². The van der Waals surface area contributed by atoms with Crippen LogP contribution in [-0.2, 0) is 41.6 Å². The molecule has 1 aromatic carbocycles. The molecule has 3 N–H and O–H groups in total. The summed E-state index contributed by atoms with van der Waals surface area (Å²) in [6.45, 7) is 5.88. The van der Waals surface area contributed by atoms with Gasteiger partial charge in [0, 0.05) is 26.7 Å². The highest BCUT2D eigenvalue weighted by molar-refractivity contribution is 5.99. The zero-order valence-electron chi connectivity index (χ0n) is 23.5. The van der Waals surface area contributed by atoms with Gasteiger partial charge in [0.05, 0.1) is 19.3 Å². The predicted molar refractivity (Wildman–Crippen MR) is 143 cm³/mol. The molecule has 218 valence electrons. The number of benzene rings is 1. The van der Waals surface area contributed by atoms with Crippen LogP contribution in [0.1, 0.15) is 49.0 Å². The van der Waals surface area contributed by atoms with Gasteiger partial charge in [0.2, 0.25) is 11.8 Å². The molecule has 12 heteroatoms. The van der Waals surface area contributed by atoms with E-state index in [0.29, 0.717) is 18.8 Å². The van der Waals surface area contributed by atoms with Crippen LogP contribution in [0.15, 0.2) is 40.9 Å². The minimum Gasteiger partial charge on any atom is -0.382 e. The third kappa shape index (κ3) is 8.70. The van der Waals surface area contributed by atoms with Gasteiger partial charge in [0.25, 0.3) is 5.91 Å². The van der Waals surface area contributed by atoms with Crippen LogP contribution < -0.4 is 16.0 Å². The monoisotopic (exact) mass is 558 g/mol. The second-order valence-electron chi connectivity index (χ2n) is 10.4. The maximum absolute atomic E-state index is 13.5. The highest BCUT2D eigenvalue weighted by atomic mass is 16.6. The molecule has 3 amide bonds.